The van der Waals surface area contributed by atoms with E-state index in [-0.39, 0.29) is 23.1 Å². The van der Waals surface area contributed by atoms with Crippen LogP contribution in [0, 0.1) is 11.3 Å². The monoisotopic (exact) mass is 253 g/mol. The van der Waals surface area contributed by atoms with E-state index in [1.165, 1.54) is 0 Å². The van der Waals surface area contributed by atoms with Gasteiger partial charge in [0.1, 0.15) is 5.60 Å². The summed E-state index contributed by atoms with van der Waals surface area (Å²) in [5.41, 5.74) is -0.866. The second kappa shape index (κ2) is 3.48. The zero-order chi connectivity index (χ0) is 13.2. The Kier molecular flexibility index (Phi) is 2.40. The molecule has 3 saturated heterocycles. The smallest absolute Gasteiger partial charge is 0.315 e. The topological polar surface area (TPSA) is 47.6 Å². The molecule has 0 spiro atoms. The van der Waals surface area contributed by atoms with E-state index in [0.717, 1.165) is 25.9 Å². The normalized spacial score (nSPS) is 43.2. The molecule has 4 nitrogen and oxygen atoms in total. The highest BCUT2D eigenvalue weighted by molar-refractivity contribution is 5.81. The van der Waals surface area contributed by atoms with Crippen molar-refractivity contribution in [2.24, 2.45) is 11.3 Å². The highest BCUT2D eigenvalue weighted by Crippen LogP contribution is 2.64. The molecule has 4 aliphatic rings. The lowest BCUT2D eigenvalue weighted by atomic mass is 9.58. The number of ether oxygens (including phenoxy) is 2. The zero-order valence-corrected chi connectivity index (χ0v) is 11.7. The maximum absolute atomic E-state index is 12.5. The number of fused-ring (bicyclic) bond motifs is 1. The standard InChI is InChI=1S/C14H23NO3/c1-12(2,3)18-11(16)14-7-13(4,8-14)17-10(14)9-5-15-6-9/h9-10,15H,5-8H2,1-4H3. The largest absolute Gasteiger partial charge is 0.459 e. The second-order valence-corrected chi connectivity index (χ2v) is 7.42. The van der Waals surface area contributed by atoms with Gasteiger partial charge < -0.3 is 14.8 Å². The molecule has 102 valence electrons. The number of nitrogens with one attached hydrogen (secondary N) is 1. The summed E-state index contributed by atoms with van der Waals surface area (Å²) in [6.45, 7) is 9.82. The molecule has 18 heavy (non-hydrogen) atoms. The fraction of sp³-hybridized carbons (Fsp3) is 0.929. The molecule has 1 N–H and O–H groups in total. The second-order valence-electron chi connectivity index (χ2n) is 7.42. The van der Waals surface area contributed by atoms with Crippen LogP contribution in [0.2, 0.25) is 0 Å². The lowest BCUT2D eigenvalue weighted by Gasteiger charge is -2.44. The van der Waals surface area contributed by atoms with Crippen LogP contribution in [0.5, 0.6) is 0 Å². The van der Waals surface area contributed by atoms with Crippen LogP contribution in [-0.4, -0.2) is 36.4 Å². The zero-order valence-electron chi connectivity index (χ0n) is 11.7. The molecule has 3 heterocycles. The quantitative estimate of drug-likeness (QED) is 0.757. The van der Waals surface area contributed by atoms with Gasteiger partial charge in [-0.3, -0.25) is 4.79 Å². The Morgan fingerprint density at radius 1 is 1.33 bits per heavy atom. The summed E-state index contributed by atoms with van der Waals surface area (Å²) in [4.78, 5) is 12.5. The van der Waals surface area contributed by atoms with Crippen molar-refractivity contribution in [3.05, 3.63) is 0 Å². The van der Waals surface area contributed by atoms with Gasteiger partial charge in [0.05, 0.1) is 17.1 Å². The fourth-order valence-electron chi connectivity index (χ4n) is 3.70. The molecular formula is C14H23NO3. The molecule has 4 fully saturated rings. The van der Waals surface area contributed by atoms with E-state index in [1.54, 1.807) is 0 Å². The summed E-state index contributed by atoms with van der Waals surface area (Å²) < 4.78 is 11.7. The first-order valence-corrected chi connectivity index (χ1v) is 6.86. The molecule has 0 amide bonds. The third kappa shape index (κ3) is 1.69. The highest BCUT2D eigenvalue weighted by Gasteiger charge is 2.72. The maximum atomic E-state index is 12.5. The van der Waals surface area contributed by atoms with Crippen molar-refractivity contribution in [2.45, 2.75) is 57.8 Å². The lowest BCUT2D eigenvalue weighted by molar-refractivity contribution is -0.174. The van der Waals surface area contributed by atoms with Gasteiger partial charge in [-0.1, -0.05) is 0 Å². The summed E-state index contributed by atoms with van der Waals surface area (Å²) in [6.07, 6.45) is 1.71. The van der Waals surface area contributed by atoms with Crippen LogP contribution in [0.25, 0.3) is 0 Å². The minimum Gasteiger partial charge on any atom is -0.459 e. The molecule has 2 bridgehead atoms. The Balaban J connectivity index is 1.78. The summed E-state index contributed by atoms with van der Waals surface area (Å²) in [6, 6.07) is 0. The van der Waals surface area contributed by atoms with Gasteiger partial charge in [0.25, 0.3) is 0 Å². The van der Waals surface area contributed by atoms with Crippen LogP contribution in [-0.2, 0) is 14.3 Å². The summed E-state index contributed by atoms with van der Waals surface area (Å²) >= 11 is 0. The summed E-state index contributed by atoms with van der Waals surface area (Å²) in [7, 11) is 0. The molecule has 1 saturated carbocycles. The van der Waals surface area contributed by atoms with E-state index >= 15 is 0 Å². The van der Waals surface area contributed by atoms with Crippen LogP contribution in [0.15, 0.2) is 0 Å². The van der Waals surface area contributed by atoms with Crippen LogP contribution < -0.4 is 5.32 Å². The van der Waals surface area contributed by atoms with Crippen molar-refractivity contribution in [3.63, 3.8) is 0 Å². The van der Waals surface area contributed by atoms with Gasteiger partial charge in [0.15, 0.2) is 0 Å². The molecule has 0 aromatic rings. The number of carbonyl (C=O) groups is 1. The van der Waals surface area contributed by atoms with Crippen LogP contribution in [0.1, 0.15) is 40.5 Å². The minimum atomic E-state index is -0.414. The number of carbonyl (C=O) groups excluding carboxylic acids is 1. The highest BCUT2D eigenvalue weighted by atomic mass is 16.6. The number of hydrogen-bond donors (Lipinski definition) is 1. The van der Waals surface area contributed by atoms with E-state index < -0.39 is 5.60 Å². The third-order valence-electron chi connectivity index (χ3n) is 4.38. The molecule has 0 aromatic carbocycles. The number of rotatable bonds is 2. The SMILES string of the molecule is CC(C)(C)OC(=O)C12CC(C)(C1)OC2C1CNC1. The Hall–Kier alpha value is -0.610. The average Bonchev–Trinajstić information content (AvgIpc) is 2.47. The Morgan fingerprint density at radius 2 is 1.94 bits per heavy atom. The third-order valence-corrected chi connectivity index (χ3v) is 4.38. The predicted molar refractivity (Wildman–Crippen MR) is 67.1 cm³/mol. The Labute approximate surface area is 108 Å². The van der Waals surface area contributed by atoms with E-state index in [1.807, 2.05) is 20.8 Å². The van der Waals surface area contributed by atoms with Crippen molar-refractivity contribution in [1.82, 2.24) is 5.32 Å². The van der Waals surface area contributed by atoms with Crippen LogP contribution >= 0.6 is 0 Å². The van der Waals surface area contributed by atoms with Gasteiger partial charge in [0, 0.05) is 19.0 Å². The maximum Gasteiger partial charge on any atom is 0.315 e. The van der Waals surface area contributed by atoms with Gasteiger partial charge >= 0.3 is 5.97 Å². The molecule has 1 atom stereocenters. The van der Waals surface area contributed by atoms with Gasteiger partial charge in [-0.25, -0.2) is 0 Å². The molecular weight excluding hydrogens is 230 g/mol. The molecule has 0 aromatic heterocycles. The Morgan fingerprint density at radius 3 is 2.39 bits per heavy atom. The molecule has 1 aliphatic carbocycles. The van der Waals surface area contributed by atoms with Crippen LogP contribution in [0.4, 0.5) is 0 Å². The number of hydrogen-bond acceptors (Lipinski definition) is 4. The van der Waals surface area contributed by atoms with Crippen molar-refractivity contribution in [3.8, 4) is 0 Å². The van der Waals surface area contributed by atoms with Crippen LogP contribution in [0.3, 0.4) is 0 Å². The first kappa shape index (κ1) is 12.4. The van der Waals surface area contributed by atoms with Gasteiger partial charge in [-0.05, 0) is 40.5 Å². The summed E-state index contributed by atoms with van der Waals surface area (Å²) in [5, 5.41) is 3.26. The van der Waals surface area contributed by atoms with Gasteiger partial charge in [0.2, 0.25) is 0 Å². The first-order valence-electron chi connectivity index (χ1n) is 6.86. The van der Waals surface area contributed by atoms with E-state index in [2.05, 4.69) is 12.2 Å². The minimum absolute atomic E-state index is 0.0538. The first-order chi connectivity index (χ1) is 8.24. The van der Waals surface area contributed by atoms with Crippen molar-refractivity contribution in [2.75, 3.05) is 13.1 Å². The molecule has 4 heteroatoms. The van der Waals surface area contributed by atoms with Gasteiger partial charge in [-0.2, -0.15) is 0 Å². The number of esters is 1. The van der Waals surface area contributed by atoms with E-state index in [4.69, 9.17) is 9.47 Å². The lowest BCUT2D eigenvalue weighted by Crippen LogP contribution is -2.57. The average molecular weight is 253 g/mol. The van der Waals surface area contributed by atoms with E-state index in [0.29, 0.717) is 5.92 Å². The van der Waals surface area contributed by atoms with E-state index in [9.17, 15) is 4.79 Å². The van der Waals surface area contributed by atoms with Crippen molar-refractivity contribution >= 4 is 5.97 Å². The molecule has 0 radical (unpaired) electrons. The predicted octanol–water partition coefficient (Wildman–Crippen LogP) is 1.49. The van der Waals surface area contributed by atoms with Crippen molar-refractivity contribution in [1.29, 1.82) is 0 Å². The van der Waals surface area contributed by atoms with Crippen molar-refractivity contribution < 1.29 is 14.3 Å². The Bertz CT molecular complexity index is 375. The molecule has 1 unspecified atom stereocenters. The fourth-order valence-corrected chi connectivity index (χ4v) is 3.70. The molecule has 4 rings (SSSR count). The van der Waals surface area contributed by atoms with Gasteiger partial charge in [-0.15, -0.1) is 0 Å². The summed E-state index contributed by atoms with van der Waals surface area (Å²) in [5.74, 6) is 0.420. The molecule has 3 aliphatic heterocycles.